The van der Waals surface area contributed by atoms with Crippen LogP contribution in [-0.4, -0.2) is 37.5 Å². The summed E-state index contributed by atoms with van der Waals surface area (Å²) in [5.74, 6) is 0. The highest BCUT2D eigenvalue weighted by Crippen LogP contribution is 2.25. The zero-order valence-electron chi connectivity index (χ0n) is 14.0. The molecule has 0 fully saturated rings. The lowest BCUT2D eigenvalue weighted by Gasteiger charge is -2.33. The van der Waals surface area contributed by atoms with Crippen molar-refractivity contribution in [1.82, 2.24) is 0 Å². The standard InChI is InChI=1S/C16H36N2O2/c1-5-15(3,9-7-11-17)20-14-10-16(4,6-2)19-13-8-12-18/h5-14,17-18H2,1-4H3. The first kappa shape index (κ1) is 19.8. The van der Waals surface area contributed by atoms with Crippen LogP contribution < -0.4 is 11.5 Å². The smallest absolute Gasteiger partial charge is 0.0673 e. The van der Waals surface area contributed by atoms with E-state index in [1.165, 1.54) is 0 Å². The molecular weight excluding hydrogens is 252 g/mol. The minimum atomic E-state index is -0.0995. The molecule has 4 nitrogen and oxygen atoms in total. The molecule has 0 amide bonds. The van der Waals surface area contributed by atoms with Crippen molar-refractivity contribution in [2.45, 2.75) is 77.4 Å². The lowest BCUT2D eigenvalue weighted by Crippen LogP contribution is -2.34. The van der Waals surface area contributed by atoms with E-state index in [0.29, 0.717) is 6.54 Å². The van der Waals surface area contributed by atoms with Crippen molar-refractivity contribution in [1.29, 1.82) is 0 Å². The second-order valence-corrected chi connectivity index (χ2v) is 6.09. The SMILES string of the molecule is CCC(C)(CCCN)OCCC(C)(CC)OCCCN. The fourth-order valence-corrected chi connectivity index (χ4v) is 2.09. The highest BCUT2D eigenvalue weighted by molar-refractivity contribution is 4.77. The third-order valence-electron chi connectivity index (χ3n) is 4.29. The summed E-state index contributed by atoms with van der Waals surface area (Å²) in [6, 6.07) is 0. The van der Waals surface area contributed by atoms with Crippen LogP contribution in [-0.2, 0) is 9.47 Å². The van der Waals surface area contributed by atoms with E-state index in [9.17, 15) is 0 Å². The maximum atomic E-state index is 6.12. The van der Waals surface area contributed by atoms with E-state index in [4.69, 9.17) is 20.9 Å². The summed E-state index contributed by atoms with van der Waals surface area (Å²) < 4.78 is 12.1. The Balaban J connectivity index is 4.14. The van der Waals surface area contributed by atoms with E-state index in [1.54, 1.807) is 0 Å². The topological polar surface area (TPSA) is 70.5 Å². The van der Waals surface area contributed by atoms with Gasteiger partial charge in [0.25, 0.3) is 0 Å². The average Bonchev–Trinajstić information content (AvgIpc) is 2.45. The molecule has 2 atom stereocenters. The fourth-order valence-electron chi connectivity index (χ4n) is 2.09. The summed E-state index contributed by atoms with van der Waals surface area (Å²) >= 11 is 0. The molecule has 0 saturated heterocycles. The first-order chi connectivity index (χ1) is 9.45. The van der Waals surface area contributed by atoms with Gasteiger partial charge < -0.3 is 20.9 Å². The highest BCUT2D eigenvalue weighted by atomic mass is 16.5. The predicted octanol–water partition coefficient (Wildman–Crippen LogP) is 2.83. The lowest BCUT2D eigenvalue weighted by atomic mass is 9.95. The Hall–Kier alpha value is -0.160. The Labute approximate surface area is 125 Å². The van der Waals surface area contributed by atoms with Gasteiger partial charge in [-0.05, 0) is 65.5 Å². The number of ether oxygens (including phenoxy) is 2. The number of nitrogens with two attached hydrogens (primary N) is 2. The molecule has 122 valence electrons. The minimum Gasteiger partial charge on any atom is -0.375 e. The average molecular weight is 288 g/mol. The van der Waals surface area contributed by atoms with Crippen LogP contribution >= 0.6 is 0 Å². The molecule has 0 heterocycles. The molecule has 4 heteroatoms. The van der Waals surface area contributed by atoms with Gasteiger partial charge in [-0.2, -0.15) is 0 Å². The molecule has 2 unspecified atom stereocenters. The van der Waals surface area contributed by atoms with Crippen molar-refractivity contribution in [3.63, 3.8) is 0 Å². The number of rotatable bonds is 13. The van der Waals surface area contributed by atoms with E-state index in [0.717, 1.165) is 58.3 Å². The molecule has 20 heavy (non-hydrogen) atoms. The van der Waals surface area contributed by atoms with Gasteiger partial charge in [-0.25, -0.2) is 0 Å². The van der Waals surface area contributed by atoms with Crippen LogP contribution in [0.1, 0.15) is 66.2 Å². The molecule has 0 aromatic heterocycles. The molecule has 0 aliphatic carbocycles. The van der Waals surface area contributed by atoms with Gasteiger partial charge in [0.2, 0.25) is 0 Å². The Morgan fingerprint density at radius 2 is 1.25 bits per heavy atom. The van der Waals surface area contributed by atoms with Gasteiger partial charge >= 0.3 is 0 Å². The summed E-state index contributed by atoms with van der Waals surface area (Å²) in [6.45, 7) is 11.6. The minimum absolute atomic E-state index is 0.0503. The first-order valence-electron chi connectivity index (χ1n) is 8.13. The molecule has 0 rings (SSSR count). The Kier molecular flexibility index (Phi) is 10.5. The van der Waals surface area contributed by atoms with Gasteiger partial charge in [0.05, 0.1) is 17.8 Å². The van der Waals surface area contributed by atoms with Crippen LogP contribution in [0, 0.1) is 0 Å². The molecule has 0 aromatic carbocycles. The van der Waals surface area contributed by atoms with Gasteiger partial charge in [-0.1, -0.05) is 13.8 Å². The summed E-state index contributed by atoms with van der Waals surface area (Å²) in [5, 5.41) is 0. The Morgan fingerprint density at radius 3 is 1.75 bits per heavy atom. The molecule has 0 aromatic rings. The van der Waals surface area contributed by atoms with Gasteiger partial charge in [0.1, 0.15) is 0 Å². The fraction of sp³-hybridized carbons (Fsp3) is 1.00. The van der Waals surface area contributed by atoms with Crippen LogP contribution in [0.25, 0.3) is 0 Å². The van der Waals surface area contributed by atoms with Gasteiger partial charge in [-0.3, -0.25) is 0 Å². The van der Waals surface area contributed by atoms with Crippen LogP contribution in [0.5, 0.6) is 0 Å². The summed E-state index contributed by atoms with van der Waals surface area (Å²) in [7, 11) is 0. The molecule has 0 radical (unpaired) electrons. The van der Waals surface area contributed by atoms with E-state index in [-0.39, 0.29) is 11.2 Å². The highest BCUT2D eigenvalue weighted by Gasteiger charge is 2.26. The van der Waals surface area contributed by atoms with E-state index >= 15 is 0 Å². The first-order valence-corrected chi connectivity index (χ1v) is 8.13. The maximum Gasteiger partial charge on any atom is 0.0673 e. The van der Waals surface area contributed by atoms with Crippen molar-refractivity contribution in [2.75, 3.05) is 26.3 Å². The van der Waals surface area contributed by atoms with Crippen molar-refractivity contribution in [2.24, 2.45) is 11.5 Å². The van der Waals surface area contributed by atoms with E-state index in [2.05, 4.69) is 27.7 Å². The third kappa shape index (κ3) is 8.20. The van der Waals surface area contributed by atoms with Gasteiger partial charge in [-0.15, -0.1) is 0 Å². The normalized spacial score (nSPS) is 17.7. The molecule has 0 spiro atoms. The van der Waals surface area contributed by atoms with Crippen molar-refractivity contribution in [3.8, 4) is 0 Å². The molecule has 0 saturated carbocycles. The summed E-state index contributed by atoms with van der Waals surface area (Å²) in [5.41, 5.74) is 10.9. The molecular formula is C16H36N2O2. The third-order valence-corrected chi connectivity index (χ3v) is 4.29. The Morgan fingerprint density at radius 1 is 0.750 bits per heavy atom. The molecule has 0 aliphatic heterocycles. The van der Waals surface area contributed by atoms with E-state index in [1.807, 2.05) is 0 Å². The van der Waals surface area contributed by atoms with Crippen LogP contribution in [0.4, 0.5) is 0 Å². The van der Waals surface area contributed by atoms with Gasteiger partial charge in [0.15, 0.2) is 0 Å². The predicted molar refractivity (Wildman–Crippen MR) is 85.9 cm³/mol. The summed E-state index contributed by atoms with van der Waals surface area (Å²) in [4.78, 5) is 0. The second-order valence-electron chi connectivity index (χ2n) is 6.09. The van der Waals surface area contributed by atoms with Gasteiger partial charge in [0, 0.05) is 6.61 Å². The molecule has 4 N–H and O–H groups in total. The maximum absolute atomic E-state index is 6.12. The molecule has 0 aliphatic rings. The number of hydrogen-bond acceptors (Lipinski definition) is 4. The van der Waals surface area contributed by atoms with E-state index < -0.39 is 0 Å². The zero-order chi connectivity index (χ0) is 15.5. The van der Waals surface area contributed by atoms with Crippen molar-refractivity contribution < 1.29 is 9.47 Å². The quantitative estimate of drug-likeness (QED) is 0.511. The van der Waals surface area contributed by atoms with Crippen molar-refractivity contribution in [3.05, 3.63) is 0 Å². The van der Waals surface area contributed by atoms with Crippen LogP contribution in [0.3, 0.4) is 0 Å². The largest absolute Gasteiger partial charge is 0.375 e. The second kappa shape index (κ2) is 10.6. The van der Waals surface area contributed by atoms with Crippen molar-refractivity contribution >= 4 is 0 Å². The summed E-state index contributed by atoms with van der Waals surface area (Å²) in [6.07, 6.45) is 5.89. The lowest BCUT2D eigenvalue weighted by molar-refractivity contribution is -0.0906. The number of hydrogen-bond donors (Lipinski definition) is 2. The molecule has 0 bridgehead atoms. The van der Waals surface area contributed by atoms with Crippen LogP contribution in [0.15, 0.2) is 0 Å². The zero-order valence-corrected chi connectivity index (χ0v) is 14.0. The van der Waals surface area contributed by atoms with Crippen LogP contribution in [0.2, 0.25) is 0 Å². The Bertz CT molecular complexity index is 239. The monoisotopic (exact) mass is 288 g/mol.